The molecule has 1 N–H and O–H groups in total. The van der Waals surface area contributed by atoms with E-state index in [0.717, 1.165) is 44.3 Å². The van der Waals surface area contributed by atoms with Gasteiger partial charge >= 0.3 is 0 Å². The summed E-state index contributed by atoms with van der Waals surface area (Å²) in [6.07, 6.45) is 6.25. The minimum Gasteiger partial charge on any atom is -0.497 e. The van der Waals surface area contributed by atoms with Crippen LogP contribution >= 0.6 is 0 Å². The zero-order valence-corrected chi connectivity index (χ0v) is 18.4. The quantitative estimate of drug-likeness (QED) is 0.752. The zero-order valence-electron chi connectivity index (χ0n) is 18.4. The van der Waals surface area contributed by atoms with Crippen LogP contribution in [-0.2, 0) is 15.9 Å². The van der Waals surface area contributed by atoms with Gasteiger partial charge < -0.3 is 19.3 Å². The maximum atomic E-state index is 12.2. The van der Waals surface area contributed by atoms with Crippen LogP contribution in [0.4, 0.5) is 0 Å². The summed E-state index contributed by atoms with van der Waals surface area (Å²) in [6.45, 7) is 8.50. The Bertz CT molecular complexity index is 895. The summed E-state index contributed by atoms with van der Waals surface area (Å²) in [5.41, 5.74) is 1.33. The molecule has 0 aromatic heterocycles. The highest BCUT2D eigenvalue weighted by molar-refractivity contribution is 5.44. The van der Waals surface area contributed by atoms with E-state index in [-0.39, 0.29) is 16.9 Å². The lowest BCUT2D eigenvalue weighted by Gasteiger charge is -2.57. The molecular weight excluding hydrogens is 364 g/mol. The number of hydrogen-bond donors (Lipinski definition) is 1. The third-order valence-electron chi connectivity index (χ3n) is 10.1. The van der Waals surface area contributed by atoms with Crippen molar-refractivity contribution >= 4 is 0 Å². The number of ether oxygens (including phenoxy) is 3. The van der Waals surface area contributed by atoms with E-state index in [0.29, 0.717) is 11.8 Å². The summed E-state index contributed by atoms with van der Waals surface area (Å²) in [6, 6.07) is 6.66. The van der Waals surface area contributed by atoms with Crippen LogP contribution in [0, 0.1) is 16.7 Å². The molecule has 0 unspecified atom stereocenters. The molecule has 4 fully saturated rings. The summed E-state index contributed by atoms with van der Waals surface area (Å²) in [4.78, 5) is 0. The summed E-state index contributed by atoms with van der Waals surface area (Å²) < 4.78 is 18.7. The van der Waals surface area contributed by atoms with Crippen molar-refractivity contribution in [2.75, 3.05) is 7.11 Å². The maximum absolute atomic E-state index is 12.2. The van der Waals surface area contributed by atoms with Crippen LogP contribution in [0.15, 0.2) is 18.2 Å². The molecule has 5 aliphatic rings. The summed E-state index contributed by atoms with van der Waals surface area (Å²) in [5, 5.41) is 12.2. The van der Waals surface area contributed by atoms with Crippen molar-refractivity contribution in [2.45, 2.75) is 95.2 Å². The van der Waals surface area contributed by atoms with Gasteiger partial charge in [-0.15, -0.1) is 0 Å². The van der Waals surface area contributed by atoms with Gasteiger partial charge in [0, 0.05) is 10.8 Å². The number of benzene rings is 1. The van der Waals surface area contributed by atoms with Gasteiger partial charge in [0.05, 0.1) is 13.2 Å². The first kappa shape index (κ1) is 18.7. The van der Waals surface area contributed by atoms with Crippen LogP contribution in [0.2, 0.25) is 0 Å². The highest BCUT2D eigenvalue weighted by Gasteiger charge is 2.88. The van der Waals surface area contributed by atoms with Gasteiger partial charge in [0.15, 0.2) is 5.79 Å². The average Bonchev–Trinajstić information content (AvgIpc) is 3.14. The third kappa shape index (κ3) is 1.81. The molecule has 1 saturated heterocycles. The molecule has 0 amide bonds. The van der Waals surface area contributed by atoms with E-state index in [1.807, 2.05) is 13.8 Å². The number of methoxy groups -OCH3 is 1. The molecule has 0 spiro atoms. The fraction of sp³-hybridized carbons (Fsp3) is 0.760. The van der Waals surface area contributed by atoms with Crippen molar-refractivity contribution in [2.24, 2.45) is 16.7 Å². The van der Waals surface area contributed by atoms with Crippen molar-refractivity contribution in [1.82, 2.24) is 0 Å². The predicted molar refractivity (Wildman–Crippen MR) is 110 cm³/mol. The predicted octanol–water partition coefficient (Wildman–Crippen LogP) is 4.58. The van der Waals surface area contributed by atoms with Gasteiger partial charge in [-0.1, -0.05) is 13.0 Å². The number of aliphatic hydroxyl groups is 1. The summed E-state index contributed by atoms with van der Waals surface area (Å²) >= 11 is 0. The minimum atomic E-state index is -0.816. The first-order valence-electron chi connectivity index (χ1n) is 11.4. The van der Waals surface area contributed by atoms with Crippen LogP contribution in [-0.4, -0.2) is 35.3 Å². The van der Waals surface area contributed by atoms with Crippen molar-refractivity contribution in [3.63, 3.8) is 0 Å². The normalized spacial score (nSPS) is 51.2. The van der Waals surface area contributed by atoms with Crippen molar-refractivity contribution in [3.05, 3.63) is 29.3 Å². The average molecular weight is 399 g/mol. The maximum Gasteiger partial charge on any atom is 0.164 e. The minimum absolute atomic E-state index is 0.0230. The molecule has 7 atom stereocenters. The van der Waals surface area contributed by atoms with Gasteiger partial charge in [-0.05, 0) is 94.4 Å². The largest absolute Gasteiger partial charge is 0.497 e. The molecule has 1 aromatic carbocycles. The van der Waals surface area contributed by atoms with E-state index in [1.54, 1.807) is 7.11 Å². The van der Waals surface area contributed by atoms with E-state index >= 15 is 0 Å². The molecule has 1 aliphatic heterocycles. The van der Waals surface area contributed by atoms with Crippen molar-refractivity contribution in [1.29, 1.82) is 0 Å². The van der Waals surface area contributed by atoms with Crippen molar-refractivity contribution < 1.29 is 19.3 Å². The molecule has 29 heavy (non-hydrogen) atoms. The SMILES string of the molecule is COc1ccc2c(c1)CC[C@@H]1[C@@H]2CC[C@@]2(C)[C@]13CC[C@]2(O)[C@@]1(C)OC(C)(C)O[C@@H]31. The second-order valence-corrected chi connectivity index (χ2v) is 11.2. The summed E-state index contributed by atoms with van der Waals surface area (Å²) in [7, 11) is 1.75. The fourth-order valence-electron chi connectivity index (χ4n) is 9.09. The second kappa shape index (κ2) is 5.20. The molecule has 1 aromatic rings. The molecule has 6 rings (SSSR count). The van der Waals surface area contributed by atoms with E-state index in [1.165, 1.54) is 11.1 Å². The number of aryl methyl sites for hydroxylation is 1. The smallest absolute Gasteiger partial charge is 0.164 e. The Kier molecular flexibility index (Phi) is 3.35. The molecule has 158 valence electrons. The molecule has 2 bridgehead atoms. The Labute approximate surface area is 173 Å². The molecule has 3 saturated carbocycles. The lowest BCUT2D eigenvalue weighted by molar-refractivity contribution is -0.244. The summed E-state index contributed by atoms with van der Waals surface area (Å²) in [5.74, 6) is 1.38. The highest BCUT2D eigenvalue weighted by Crippen LogP contribution is 2.82. The topological polar surface area (TPSA) is 47.9 Å². The monoisotopic (exact) mass is 398 g/mol. The van der Waals surface area contributed by atoms with Crippen LogP contribution in [0.3, 0.4) is 0 Å². The van der Waals surface area contributed by atoms with Gasteiger partial charge in [0.25, 0.3) is 0 Å². The second-order valence-electron chi connectivity index (χ2n) is 11.2. The number of hydrogen-bond acceptors (Lipinski definition) is 4. The Morgan fingerprint density at radius 2 is 1.86 bits per heavy atom. The van der Waals surface area contributed by atoms with Gasteiger partial charge in [0.2, 0.25) is 0 Å². The lowest BCUT2D eigenvalue weighted by atomic mass is 9.47. The first-order chi connectivity index (χ1) is 13.6. The van der Waals surface area contributed by atoms with E-state index < -0.39 is 17.0 Å². The molecule has 4 nitrogen and oxygen atoms in total. The number of fused-ring (bicyclic) bond motifs is 5. The lowest BCUT2D eigenvalue weighted by Crippen LogP contribution is -2.58. The van der Waals surface area contributed by atoms with Crippen LogP contribution in [0.5, 0.6) is 5.75 Å². The Morgan fingerprint density at radius 3 is 2.62 bits per heavy atom. The molecule has 4 heteroatoms. The molecule has 4 aliphatic carbocycles. The Hall–Kier alpha value is -1.10. The zero-order chi connectivity index (χ0) is 20.4. The Balaban J connectivity index is 1.51. The van der Waals surface area contributed by atoms with Gasteiger partial charge in [-0.25, -0.2) is 0 Å². The Morgan fingerprint density at radius 1 is 1.07 bits per heavy atom. The van der Waals surface area contributed by atoms with Crippen LogP contribution in [0.1, 0.15) is 76.8 Å². The fourth-order valence-corrected chi connectivity index (χ4v) is 9.09. The highest BCUT2D eigenvalue weighted by atomic mass is 16.8. The van der Waals surface area contributed by atoms with Crippen molar-refractivity contribution in [3.8, 4) is 5.75 Å². The number of rotatable bonds is 1. The van der Waals surface area contributed by atoms with Gasteiger partial charge in [-0.2, -0.15) is 0 Å². The molecular formula is C25H34O4. The van der Waals surface area contributed by atoms with Crippen LogP contribution < -0.4 is 4.74 Å². The van der Waals surface area contributed by atoms with Gasteiger partial charge in [0.1, 0.15) is 17.0 Å². The van der Waals surface area contributed by atoms with E-state index in [2.05, 4.69) is 32.0 Å². The first-order valence-corrected chi connectivity index (χ1v) is 11.4. The van der Waals surface area contributed by atoms with E-state index in [9.17, 15) is 5.11 Å². The molecule has 1 heterocycles. The van der Waals surface area contributed by atoms with Gasteiger partial charge in [-0.3, -0.25) is 0 Å². The standard InChI is InChI=1S/C25H34O4/c1-21(2)28-20-23(4,29-21)25(26)13-12-24(20)19-9-6-15-14-16(27-5)7-8-17(15)18(19)10-11-22(24,25)3/h7-8,14,18-20,26H,6,9-13H2,1-5H3/t18-,19-,20-,22+,23+,24-,25-/m1/s1. The van der Waals surface area contributed by atoms with Crippen LogP contribution in [0.25, 0.3) is 0 Å². The molecule has 0 radical (unpaired) electrons. The third-order valence-corrected chi connectivity index (χ3v) is 10.1. The van der Waals surface area contributed by atoms with E-state index in [4.69, 9.17) is 14.2 Å².